The van der Waals surface area contributed by atoms with Crippen molar-refractivity contribution in [3.8, 4) is 0 Å². The highest BCUT2D eigenvalue weighted by atomic mass is 16.6. The van der Waals surface area contributed by atoms with Crippen LogP contribution in [0.3, 0.4) is 0 Å². The van der Waals surface area contributed by atoms with Gasteiger partial charge in [-0.15, -0.1) is 0 Å². The Morgan fingerprint density at radius 2 is 2.15 bits per heavy atom. The molecular formula is C12H11N5O3. The summed E-state index contributed by atoms with van der Waals surface area (Å²) in [5, 5.41) is 20.7. The van der Waals surface area contributed by atoms with Crippen LogP contribution >= 0.6 is 0 Å². The number of nitro benzene ring substituents is 1. The maximum Gasteiger partial charge on any atom is 0.291 e. The van der Waals surface area contributed by atoms with Crippen molar-refractivity contribution >= 4 is 17.8 Å². The molecule has 0 radical (unpaired) electrons. The summed E-state index contributed by atoms with van der Waals surface area (Å²) in [4.78, 5) is 21.6. The smallest absolute Gasteiger partial charge is 0.282 e. The minimum Gasteiger partial charge on any atom is -0.282 e. The third-order valence-electron chi connectivity index (χ3n) is 2.42. The molecule has 20 heavy (non-hydrogen) atoms. The molecule has 0 spiro atoms. The summed E-state index contributed by atoms with van der Waals surface area (Å²) in [5.74, 6) is -0.437. The number of nitro groups is 1. The SMILES string of the molecule is Cc1cc(C(=O)NN=Cc2ccc([N+](=O)[O-])cc2)n[nH]1. The number of aromatic nitrogens is 2. The van der Waals surface area contributed by atoms with Crippen LogP contribution in [0, 0.1) is 17.0 Å². The average Bonchev–Trinajstić information content (AvgIpc) is 2.86. The summed E-state index contributed by atoms with van der Waals surface area (Å²) >= 11 is 0. The van der Waals surface area contributed by atoms with E-state index in [-0.39, 0.29) is 11.4 Å². The standard InChI is InChI=1S/C12H11N5O3/c1-8-6-11(15-14-8)12(18)16-13-7-9-2-4-10(5-3-9)17(19)20/h2-7H,1H3,(H,14,15)(H,16,18). The molecule has 0 saturated carbocycles. The topological polar surface area (TPSA) is 113 Å². The van der Waals surface area contributed by atoms with E-state index in [0.717, 1.165) is 5.69 Å². The molecule has 102 valence electrons. The highest BCUT2D eigenvalue weighted by Gasteiger charge is 2.07. The number of amides is 1. The molecule has 0 fully saturated rings. The number of nitrogens with one attached hydrogen (secondary N) is 2. The Bertz CT molecular complexity index is 660. The number of non-ortho nitro benzene ring substituents is 1. The largest absolute Gasteiger partial charge is 0.291 e. The van der Waals surface area contributed by atoms with Gasteiger partial charge in [-0.05, 0) is 30.7 Å². The normalized spacial score (nSPS) is 10.7. The van der Waals surface area contributed by atoms with Gasteiger partial charge in [0.05, 0.1) is 11.1 Å². The monoisotopic (exact) mass is 273 g/mol. The number of nitrogens with zero attached hydrogens (tertiary/aromatic N) is 3. The van der Waals surface area contributed by atoms with Gasteiger partial charge < -0.3 is 0 Å². The molecule has 0 unspecified atom stereocenters. The van der Waals surface area contributed by atoms with Crippen LogP contribution in [0.5, 0.6) is 0 Å². The Labute approximate surface area is 113 Å². The molecule has 0 bridgehead atoms. The molecule has 0 aliphatic carbocycles. The number of aryl methyl sites for hydroxylation is 1. The van der Waals surface area contributed by atoms with Gasteiger partial charge in [0.2, 0.25) is 0 Å². The first kappa shape index (κ1) is 13.4. The molecule has 0 saturated heterocycles. The predicted octanol–water partition coefficient (Wildman–Crippen LogP) is 1.39. The first-order valence-corrected chi connectivity index (χ1v) is 5.66. The third kappa shape index (κ3) is 3.25. The number of benzene rings is 1. The van der Waals surface area contributed by atoms with E-state index in [0.29, 0.717) is 5.56 Å². The van der Waals surface area contributed by atoms with Gasteiger partial charge in [-0.2, -0.15) is 10.2 Å². The van der Waals surface area contributed by atoms with E-state index >= 15 is 0 Å². The summed E-state index contributed by atoms with van der Waals surface area (Å²) in [5.41, 5.74) is 3.96. The van der Waals surface area contributed by atoms with Crippen molar-refractivity contribution in [3.63, 3.8) is 0 Å². The second-order valence-corrected chi connectivity index (χ2v) is 3.98. The number of hydrogen-bond donors (Lipinski definition) is 2. The first-order chi connectivity index (χ1) is 9.56. The van der Waals surface area contributed by atoms with Crippen molar-refractivity contribution in [1.82, 2.24) is 15.6 Å². The maximum atomic E-state index is 11.6. The summed E-state index contributed by atoms with van der Waals surface area (Å²) in [6.07, 6.45) is 1.39. The Morgan fingerprint density at radius 1 is 1.45 bits per heavy atom. The van der Waals surface area contributed by atoms with Crippen molar-refractivity contribution in [1.29, 1.82) is 0 Å². The van der Waals surface area contributed by atoms with Crippen LogP contribution in [0.1, 0.15) is 21.7 Å². The maximum absolute atomic E-state index is 11.6. The molecule has 0 aliphatic heterocycles. The summed E-state index contributed by atoms with van der Waals surface area (Å²) in [6, 6.07) is 7.39. The molecule has 2 rings (SSSR count). The Balaban J connectivity index is 1.96. The van der Waals surface area contributed by atoms with E-state index in [2.05, 4.69) is 20.7 Å². The van der Waals surface area contributed by atoms with Gasteiger partial charge in [0, 0.05) is 17.8 Å². The minimum atomic E-state index is -0.484. The molecule has 8 heteroatoms. The Morgan fingerprint density at radius 3 is 2.70 bits per heavy atom. The molecule has 1 aromatic carbocycles. The Hall–Kier alpha value is -3.03. The van der Waals surface area contributed by atoms with Gasteiger partial charge in [-0.3, -0.25) is 20.0 Å². The molecule has 8 nitrogen and oxygen atoms in total. The molecular weight excluding hydrogens is 262 g/mol. The molecule has 1 heterocycles. The van der Waals surface area contributed by atoms with Crippen LogP contribution < -0.4 is 5.43 Å². The highest BCUT2D eigenvalue weighted by molar-refractivity contribution is 5.93. The minimum absolute atomic E-state index is 0.00168. The lowest BCUT2D eigenvalue weighted by molar-refractivity contribution is -0.384. The van der Waals surface area contributed by atoms with Crippen LogP contribution in [0.4, 0.5) is 5.69 Å². The van der Waals surface area contributed by atoms with E-state index in [4.69, 9.17) is 0 Å². The van der Waals surface area contributed by atoms with Gasteiger partial charge in [-0.1, -0.05) is 0 Å². The van der Waals surface area contributed by atoms with Gasteiger partial charge >= 0.3 is 0 Å². The number of hydrazone groups is 1. The molecule has 1 aromatic heterocycles. The third-order valence-corrected chi connectivity index (χ3v) is 2.42. The predicted molar refractivity (Wildman–Crippen MR) is 71.5 cm³/mol. The van der Waals surface area contributed by atoms with Crippen molar-refractivity contribution in [2.75, 3.05) is 0 Å². The number of hydrogen-bond acceptors (Lipinski definition) is 5. The lowest BCUT2D eigenvalue weighted by Gasteiger charge is -1.95. The number of aromatic amines is 1. The van der Waals surface area contributed by atoms with Crippen molar-refractivity contribution in [2.24, 2.45) is 5.10 Å². The molecule has 2 aromatic rings. The first-order valence-electron chi connectivity index (χ1n) is 5.66. The van der Waals surface area contributed by atoms with E-state index in [1.165, 1.54) is 30.5 Å². The van der Waals surface area contributed by atoms with E-state index in [1.807, 2.05) is 0 Å². The highest BCUT2D eigenvalue weighted by Crippen LogP contribution is 2.10. The fourth-order valence-electron chi connectivity index (χ4n) is 1.44. The second kappa shape index (κ2) is 5.74. The molecule has 1 amide bonds. The lowest BCUT2D eigenvalue weighted by Crippen LogP contribution is -2.17. The molecule has 2 N–H and O–H groups in total. The lowest BCUT2D eigenvalue weighted by atomic mass is 10.2. The van der Waals surface area contributed by atoms with Crippen LogP contribution in [0.15, 0.2) is 35.4 Å². The zero-order chi connectivity index (χ0) is 14.5. The summed E-state index contributed by atoms with van der Waals surface area (Å²) < 4.78 is 0. The van der Waals surface area contributed by atoms with E-state index in [1.54, 1.807) is 13.0 Å². The molecule has 0 atom stereocenters. The second-order valence-electron chi connectivity index (χ2n) is 3.98. The number of carbonyl (C=O) groups is 1. The van der Waals surface area contributed by atoms with Crippen LogP contribution in [-0.2, 0) is 0 Å². The average molecular weight is 273 g/mol. The van der Waals surface area contributed by atoms with Gasteiger partial charge in [-0.25, -0.2) is 5.43 Å². The van der Waals surface area contributed by atoms with Gasteiger partial charge in [0.15, 0.2) is 5.69 Å². The summed E-state index contributed by atoms with van der Waals surface area (Å²) in [7, 11) is 0. The van der Waals surface area contributed by atoms with Crippen LogP contribution in [0.2, 0.25) is 0 Å². The van der Waals surface area contributed by atoms with E-state index in [9.17, 15) is 14.9 Å². The quantitative estimate of drug-likeness (QED) is 0.497. The zero-order valence-electron chi connectivity index (χ0n) is 10.5. The number of H-pyrrole nitrogens is 1. The van der Waals surface area contributed by atoms with Crippen molar-refractivity contribution in [2.45, 2.75) is 6.92 Å². The van der Waals surface area contributed by atoms with Crippen molar-refractivity contribution in [3.05, 3.63) is 57.4 Å². The van der Waals surface area contributed by atoms with Crippen LogP contribution in [-0.4, -0.2) is 27.2 Å². The number of carbonyl (C=O) groups excluding carboxylic acids is 1. The fourth-order valence-corrected chi connectivity index (χ4v) is 1.44. The van der Waals surface area contributed by atoms with E-state index < -0.39 is 10.8 Å². The Kier molecular flexibility index (Phi) is 3.85. The van der Waals surface area contributed by atoms with Crippen LogP contribution in [0.25, 0.3) is 0 Å². The van der Waals surface area contributed by atoms with Gasteiger partial charge in [0.1, 0.15) is 0 Å². The fraction of sp³-hybridized carbons (Fsp3) is 0.0833. The van der Waals surface area contributed by atoms with Gasteiger partial charge in [0.25, 0.3) is 11.6 Å². The zero-order valence-corrected chi connectivity index (χ0v) is 10.5. The number of rotatable bonds is 4. The van der Waals surface area contributed by atoms with Crippen molar-refractivity contribution < 1.29 is 9.72 Å². The molecule has 0 aliphatic rings. The summed E-state index contributed by atoms with van der Waals surface area (Å²) in [6.45, 7) is 1.78.